The smallest absolute Gasteiger partial charge is 0.251 e. The average molecular weight is 334 g/mol. The van der Waals surface area contributed by atoms with E-state index in [1.165, 1.54) is 12.1 Å². The summed E-state index contributed by atoms with van der Waals surface area (Å²) < 4.78 is 13.0. The highest BCUT2D eigenvalue weighted by Gasteiger charge is 2.12. The van der Waals surface area contributed by atoms with Crippen LogP contribution >= 0.6 is 0 Å². The topological polar surface area (TPSA) is 42.0 Å². The molecule has 0 aliphatic heterocycles. The first-order chi connectivity index (χ1) is 12.0. The zero-order valence-corrected chi connectivity index (χ0v) is 14.2. The van der Waals surface area contributed by atoms with Crippen LogP contribution in [0.1, 0.15) is 34.5 Å². The minimum Gasteiger partial charge on any atom is -0.346 e. The van der Waals surface area contributed by atoms with Gasteiger partial charge in [0.05, 0.1) is 6.04 Å². The Morgan fingerprint density at radius 1 is 1.04 bits per heavy atom. The summed E-state index contributed by atoms with van der Waals surface area (Å²) in [6, 6.07) is 15.4. The molecule has 4 heteroatoms. The lowest BCUT2D eigenvalue weighted by atomic mass is 10.0. The van der Waals surface area contributed by atoms with Crippen LogP contribution in [0.5, 0.6) is 0 Å². The van der Waals surface area contributed by atoms with Crippen molar-refractivity contribution in [3.63, 3.8) is 0 Å². The van der Waals surface area contributed by atoms with E-state index in [0.717, 1.165) is 22.3 Å². The molecule has 1 aromatic heterocycles. The fourth-order valence-electron chi connectivity index (χ4n) is 2.71. The number of benzene rings is 2. The standard InChI is InChI=1S/C21H19FN2O/c1-14-13-23-12-11-20(14)17-3-5-18(6-4-17)21(25)24-15(2)16-7-9-19(22)10-8-16/h3-13,15H,1-2H3,(H,24,25)/t15-/m0/s1. The first kappa shape index (κ1) is 16.8. The molecule has 1 heterocycles. The lowest BCUT2D eigenvalue weighted by molar-refractivity contribution is 0.0940. The van der Waals surface area contributed by atoms with Gasteiger partial charge in [-0.25, -0.2) is 4.39 Å². The quantitative estimate of drug-likeness (QED) is 0.752. The molecule has 1 amide bonds. The van der Waals surface area contributed by atoms with Crippen LogP contribution in [0.25, 0.3) is 11.1 Å². The van der Waals surface area contributed by atoms with Crippen molar-refractivity contribution in [1.82, 2.24) is 10.3 Å². The largest absolute Gasteiger partial charge is 0.346 e. The SMILES string of the molecule is Cc1cnccc1-c1ccc(C(=O)N[C@@H](C)c2ccc(F)cc2)cc1. The Morgan fingerprint density at radius 2 is 1.72 bits per heavy atom. The van der Waals surface area contributed by atoms with E-state index < -0.39 is 0 Å². The van der Waals surface area contributed by atoms with Gasteiger partial charge < -0.3 is 5.32 Å². The van der Waals surface area contributed by atoms with Crippen LogP contribution in [0.3, 0.4) is 0 Å². The zero-order valence-electron chi connectivity index (χ0n) is 14.2. The van der Waals surface area contributed by atoms with Gasteiger partial charge in [-0.3, -0.25) is 9.78 Å². The summed E-state index contributed by atoms with van der Waals surface area (Å²) >= 11 is 0. The van der Waals surface area contributed by atoms with E-state index in [4.69, 9.17) is 0 Å². The van der Waals surface area contributed by atoms with Crippen LogP contribution < -0.4 is 5.32 Å². The summed E-state index contributed by atoms with van der Waals surface area (Å²) in [6.45, 7) is 3.88. The number of hydrogen-bond acceptors (Lipinski definition) is 2. The third-order valence-electron chi connectivity index (χ3n) is 4.20. The average Bonchev–Trinajstić information content (AvgIpc) is 2.63. The molecule has 0 fully saturated rings. The maximum atomic E-state index is 13.0. The molecule has 0 bridgehead atoms. The fourth-order valence-corrected chi connectivity index (χ4v) is 2.71. The number of carbonyl (C=O) groups is 1. The number of aromatic nitrogens is 1. The Kier molecular flexibility index (Phi) is 4.89. The van der Waals surface area contributed by atoms with Crippen molar-refractivity contribution in [3.8, 4) is 11.1 Å². The minimum atomic E-state index is -0.288. The second-order valence-electron chi connectivity index (χ2n) is 6.01. The summed E-state index contributed by atoms with van der Waals surface area (Å²) in [7, 11) is 0. The highest BCUT2D eigenvalue weighted by Crippen LogP contribution is 2.23. The van der Waals surface area contributed by atoms with Crippen LogP contribution in [0.2, 0.25) is 0 Å². The molecular weight excluding hydrogens is 315 g/mol. The predicted octanol–water partition coefficient (Wildman–Crippen LogP) is 4.69. The van der Waals surface area contributed by atoms with Crippen molar-refractivity contribution >= 4 is 5.91 Å². The molecule has 126 valence electrons. The van der Waals surface area contributed by atoms with Crippen molar-refractivity contribution in [2.75, 3.05) is 0 Å². The van der Waals surface area contributed by atoms with E-state index >= 15 is 0 Å². The Morgan fingerprint density at radius 3 is 2.36 bits per heavy atom. The molecule has 0 aliphatic carbocycles. The van der Waals surface area contributed by atoms with Crippen LogP contribution in [-0.4, -0.2) is 10.9 Å². The first-order valence-corrected chi connectivity index (χ1v) is 8.12. The molecule has 25 heavy (non-hydrogen) atoms. The van der Waals surface area contributed by atoms with Crippen LogP contribution in [0, 0.1) is 12.7 Å². The molecule has 0 saturated heterocycles. The number of hydrogen-bond donors (Lipinski definition) is 1. The Hall–Kier alpha value is -3.01. The van der Waals surface area contributed by atoms with Gasteiger partial charge in [0.25, 0.3) is 5.91 Å². The van der Waals surface area contributed by atoms with E-state index in [1.807, 2.05) is 50.4 Å². The molecule has 1 atom stereocenters. The number of aryl methyl sites for hydroxylation is 1. The van der Waals surface area contributed by atoms with Crippen LogP contribution in [0.15, 0.2) is 67.0 Å². The third kappa shape index (κ3) is 3.91. The van der Waals surface area contributed by atoms with Crippen LogP contribution in [-0.2, 0) is 0 Å². The van der Waals surface area contributed by atoms with E-state index in [-0.39, 0.29) is 17.8 Å². The third-order valence-corrected chi connectivity index (χ3v) is 4.20. The summed E-state index contributed by atoms with van der Waals surface area (Å²) in [6.07, 6.45) is 3.58. The summed E-state index contributed by atoms with van der Waals surface area (Å²) in [4.78, 5) is 16.5. The van der Waals surface area contributed by atoms with Gasteiger partial charge in [-0.1, -0.05) is 24.3 Å². The Bertz CT molecular complexity index is 873. The van der Waals surface area contributed by atoms with E-state index in [2.05, 4.69) is 10.3 Å². The molecule has 0 spiro atoms. The lowest BCUT2D eigenvalue weighted by Crippen LogP contribution is -2.26. The van der Waals surface area contributed by atoms with Crippen molar-refractivity contribution in [2.24, 2.45) is 0 Å². The number of pyridine rings is 1. The fraction of sp³-hybridized carbons (Fsp3) is 0.143. The highest BCUT2D eigenvalue weighted by molar-refractivity contribution is 5.95. The Balaban J connectivity index is 1.72. The van der Waals surface area contributed by atoms with E-state index in [1.54, 1.807) is 18.3 Å². The molecule has 0 saturated carbocycles. The zero-order chi connectivity index (χ0) is 17.8. The van der Waals surface area contributed by atoms with Gasteiger partial charge in [0, 0.05) is 18.0 Å². The van der Waals surface area contributed by atoms with Gasteiger partial charge in [0.1, 0.15) is 5.82 Å². The predicted molar refractivity (Wildman–Crippen MR) is 96.7 cm³/mol. The molecule has 3 rings (SSSR count). The number of nitrogens with one attached hydrogen (secondary N) is 1. The van der Waals surface area contributed by atoms with Gasteiger partial charge in [0.15, 0.2) is 0 Å². The molecular formula is C21H19FN2O. The van der Waals surface area contributed by atoms with Crippen molar-refractivity contribution < 1.29 is 9.18 Å². The number of halogens is 1. The second kappa shape index (κ2) is 7.26. The maximum Gasteiger partial charge on any atom is 0.251 e. The monoisotopic (exact) mass is 334 g/mol. The van der Waals surface area contributed by atoms with Gasteiger partial charge in [-0.15, -0.1) is 0 Å². The molecule has 2 aromatic carbocycles. The molecule has 0 aliphatic rings. The Labute approximate surface area is 146 Å². The van der Waals surface area contributed by atoms with Gasteiger partial charge in [-0.05, 0) is 66.4 Å². The number of rotatable bonds is 4. The van der Waals surface area contributed by atoms with Crippen molar-refractivity contribution in [1.29, 1.82) is 0 Å². The van der Waals surface area contributed by atoms with Crippen molar-refractivity contribution in [3.05, 3.63) is 89.5 Å². The van der Waals surface area contributed by atoms with Gasteiger partial charge in [-0.2, -0.15) is 0 Å². The lowest BCUT2D eigenvalue weighted by Gasteiger charge is -2.14. The van der Waals surface area contributed by atoms with Crippen LogP contribution in [0.4, 0.5) is 4.39 Å². The van der Waals surface area contributed by atoms with E-state index in [9.17, 15) is 9.18 Å². The normalized spacial score (nSPS) is 11.8. The summed E-state index contributed by atoms with van der Waals surface area (Å²) in [5.41, 5.74) is 4.68. The first-order valence-electron chi connectivity index (χ1n) is 8.12. The molecule has 3 aromatic rings. The van der Waals surface area contributed by atoms with Gasteiger partial charge >= 0.3 is 0 Å². The maximum absolute atomic E-state index is 13.0. The number of nitrogens with zero attached hydrogens (tertiary/aromatic N) is 1. The molecule has 1 N–H and O–H groups in total. The molecule has 0 radical (unpaired) electrons. The van der Waals surface area contributed by atoms with E-state index in [0.29, 0.717) is 5.56 Å². The molecule has 0 unspecified atom stereocenters. The highest BCUT2D eigenvalue weighted by atomic mass is 19.1. The molecule has 3 nitrogen and oxygen atoms in total. The number of carbonyl (C=O) groups excluding carboxylic acids is 1. The second-order valence-corrected chi connectivity index (χ2v) is 6.01. The van der Waals surface area contributed by atoms with Crippen molar-refractivity contribution in [2.45, 2.75) is 19.9 Å². The van der Waals surface area contributed by atoms with Gasteiger partial charge in [0.2, 0.25) is 0 Å². The minimum absolute atomic E-state index is 0.158. The number of amides is 1. The summed E-state index contributed by atoms with van der Waals surface area (Å²) in [5, 5.41) is 2.93. The summed E-state index contributed by atoms with van der Waals surface area (Å²) in [5.74, 6) is -0.445.